The van der Waals surface area contributed by atoms with Crippen LogP contribution in [-0.4, -0.2) is 43.5 Å². The fourth-order valence-electron chi connectivity index (χ4n) is 2.27. The molecule has 98 valence electrons. The summed E-state index contributed by atoms with van der Waals surface area (Å²) in [7, 11) is 2.00. The average molecular weight is 247 g/mol. The van der Waals surface area contributed by atoms with Crippen molar-refractivity contribution in [2.45, 2.75) is 19.4 Å². The first-order chi connectivity index (χ1) is 8.72. The van der Waals surface area contributed by atoms with E-state index in [1.165, 1.54) is 5.56 Å². The quantitative estimate of drug-likeness (QED) is 0.840. The molecule has 0 aromatic heterocycles. The molecule has 1 atom stereocenters. The number of nitrogens with zero attached hydrogens (tertiary/aromatic N) is 1. The number of likely N-dealkylation sites (N-methyl/N-ethyl adjacent to an activating group) is 1. The Balaban J connectivity index is 2.06. The molecule has 2 N–H and O–H groups in total. The number of anilines is 1. The van der Waals surface area contributed by atoms with Crippen LogP contribution in [0.1, 0.15) is 12.5 Å². The summed E-state index contributed by atoms with van der Waals surface area (Å²) in [4.78, 5) is 14.4. The molecule has 1 saturated heterocycles. The summed E-state index contributed by atoms with van der Waals surface area (Å²) in [6, 6.07) is 7.90. The predicted octanol–water partition coefficient (Wildman–Crippen LogP) is 1.09. The smallest absolute Gasteiger partial charge is 0.243 e. The summed E-state index contributed by atoms with van der Waals surface area (Å²) >= 11 is 0. The number of carbonyl (C=O) groups excluding carboxylic acids is 1. The highest BCUT2D eigenvalue weighted by Gasteiger charge is 2.25. The van der Waals surface area contributed by atoms with Gasteiger partial charge in [-0.1, -0.05) is 25.1 Å². The molecule has 1 aliphatic rings. The maximum atomic E-state index is 12.3. The Morgan fingerprint density at radius 2 is 2.28 bits per heavy atom. The molecule has 1 amide bonds. The minimum Gasteiger partial charge on any atom is -0.324 e. The molecule has 1 fully saturated rings. The second-order valence-corrected chi connectivity index (χ2v) is 4.70. The number of aryl methyl sites for hydroxylation is 1. The lowest BCUT2D eigenvalue weighted by molar-refractivity contribution is -0.121. The van der Waals surface area contributed by atoms with Crippen LogP contribution in [0, 0.1) is 0 Å². The minimum atomic E-state index is -0.0799. The number of rotatable bonds is 3. The van der Waals surface area contributed by atoms with Crippen LogP contribution in [0.5, 0.6) is 0 Å². The lowest BCUT2D eigenvalue weighted by Crippen LogP contribution is -2.54. The van der Waals surface area contributed by atoms with E-state index in [1.807, 2.05) is 25.2 Å². The molecule has 0 bridgehead atoms. The lowest BCUT2D eigenvalue weighted by atomic mass is 10.1. The third-order valence-electron chi connectivity index (χ3n) is 3.47. The summed E-state index contributed by atoms with van der Waals surface area (Å²) in [5.41, 5.74) is 2.11. The van der Waals surface area contributed by atoms with Gasteiger partial charge in [-0.15, -0.1) is 0 Å². The van der Waals surface area contributed by atoms with Gasteiger partial charge in [0.05, 0.1) is 0 Å². The molecule has 1 aromatic carbocycles. The number of hydrogen-bond acceptors (Lipinski definition) is 3. The Labute approximate surface area is 108 Å². The number of hydrogen-bond donors (Lipinski definition) is 2. The molecule has 0 saturated carbocycles. The van der Waals surface area contributed by atoms with E-state index in [2.05, 4.69) is 28.5 Å². The van der Waals surface area contributed by atoms with Crippen molar-refractivity contribution >= 4 is 11.6 Å². The molecule has 4 heteroatoms. The first-order valence-electron chi connectivity index (χ1n) is 6.52. The Morgan fingerprint density at radius 1 is 1.50 bits per heavy atom. The predicted molar refractivity (Wildman–Crippen MR) is 73.7 cm³/mol. The number of benzene rings is 1. The Morgan fingerprint density at radius 3 is 3.00 bits per heavy atom. The number of nitrogens with one attached hydrogen (secondary N) is 2. The van der Waals surface area contributed by atoms with Crippen LogP contribution in [-0.2, 0) is 11.2 Å². The van der Waals surface area contributed by atoms with Gasteiger partial charge in [0.2, 0.25) is 5.91 Å². The topological polar surface area (TPSA) is 44.4 Å². The monoisotopic (exact) mass is 247 g/mol. The van der Waals surface area contributed by atoms with E-state index in [0.717, 1.165) is 31.7 Å². The van der Waals surface area contributed by atoms with Crippen LogP contribution in [0.2, 0.25) is 0 Å². The van der Waals surface area contributed by atoms with E-state index in [0.29, 0.717) is 0 Å². The average Bonchev–Trinajstić information content (AvgIpc) is 2.39. The van der Waals surface area contributed by atoms with Crippen molar-refractivity contribution in [2.75, 3.05) is 32.0 Å². The van der Waals surface area contributed by atoms with Crippen molar-refractivity contribution < 1.29 is 4.79 Å². The zero-order valence-electron chi connectivity index (χ0n) is 11.1. The lowest BCUT2D eigenvalue weighted by Gasteiger charge is -2.32. The zero-order chi connectivity index (χ0) is 13.0. The summed E-state index contributed by atoms with van der Waals surface area (Å²) in [5, 5.41) is 6.30. The Hall–Kier alpha value is -1.39. The van der Waals surface area contributed by atoms with E-state index in [4.69, 9.17) is 0 Å². The van der Waals surface area contributed by atoms with Gasteiger partial charge >= 0.3 is 0 Å². The van der Waals surface area contributed by atoms with Crippen molar-refractivity contribution in [1.29, 1.82) is 0 Å². The highest BCUT2D eigenvalue weighted by atomic mass is 16.2. The highest BCUT2D eigenvalue weighted by molar-refractivity contribution is 5.95. The van der Waals surface area contributed by atoms with Gasteiger partial charge in [0.15, 0.2) is 0 Å². The molecule has 18 heavy (non-hydrogen) atoms. The largest absolute Gasteiger partial charge is 0.324 e. The van der Waals surface area contributed by atoms with Gasteiger partial charge in [-0.2, -0.15) is 0 Å². The SMILES string of the molecule is CCc1ccccc1NC(=O)C1CNCCN1C. The molecule has 1 aromatic rings. The Bertz CT molecular complexity index is 419. The second kappa shape index (κ2) is 5.98. The van der Waals surface area contributed by atoms with E-state index in [-0.39, 0.29) is 11.9 Å². The van der Waals surface area contributed by atoms with E-state index < -0.39 is 0 Å². The minimum absolute atomic E-state index is 0.0746. The number of piperazine rings is 1. The summed E-state index contributed by atoms with van der Waals surface area (Å²) in [6.07, 6.45) is 0.926. The Kier molecular flexibility index (Phi) is 4.33. The van der Waals surface area contributed by atoms with Crippen LogP contribution in [0.15, 0.2) is 24.3 Å². The molecule has 1 unspecified atom stereocenters. The molecule has 0 spiro atoms. The van der Waals surface area contributed by atoms with Crippen molar-refractivity contribution in [3.8, 4) is 0 Å². The van der Waals surface area contributed by atoms with Crippen molar-refractivity contribution in [3.63, 3.8) is 0 Å². The standard InChI is InChI=1S/C14H21N3O/c1-3-11-6-4-5-7-12(11)16-14(18)13-10-15-8-9-17(13)2/h4-7,13,15H,3,8-10H2,1-2H3,(H,16,18). The molecular formula is C14H21N3O. The van der Waals surface area contributed by atoms with Gasteiger partial charge in [-0.05, 0) is 25.1 Å². The second-order valence-electron chi connectivity index (χ2n) is 4.70. The maximum absolute atomic E-state index is 12.3. The maximum Gasteiger partial charge on any atom is 0.243 e. The number of para-hydroxylation sites is 1. The molecule has 0 aliphatic carbocycles. The van der Waals surface area contributed by atoms with E-state index in [9.17, 15) is 4.79 Å². The zero-order valence-corrected chi connectivity index (χ0v) is 11.1. The first-order valence-corrected chi connectivity index (χ1v) is 6.52. The van der Waals surface area contributed by atoms with Gasteiger partial charge in [0.1, 0.15) is 6.04 Å². The third-order valence-corrected chi connectivity index (χ3v) is 3.47. The van der Waals surface area contributed by atoms with Gasteiger partial charge < -0.3 is 10.6 Å². The summed E-state index contributed by atoms with van der Waals surface area (Å²) < 4.78 is 0. The number of amides is 1. The van der Waals surface area contributed by atoms with Gasteiger partial charge in [-0.3, -0.25) is 9.69 Å². The van der Waals surface area contributed by atoms with Gasteiger partial charge in [0.25, 0.3) is 0 Å². The van der Waals surface area contributed by atoms with Crippen molar-refractivity contribution in [2.24, 2.45) is 0 Å². The van der Waals surface area contributed by atoms with E-state index in [1.54, 1.807) is 0 Å². The summed E-state index contributed by atoms with van der Waals surface area (Å²) in [6.45, 7) is 4.68. The van der Waals surface area contributed by atoms with Crippen molar-refractivity contribution in [3.05, 3.63) is 29.8 Å². The molecule has 4 nitrogen and oxygen atoms in total. The van der Waals surface area contributed by atoms with Crippen LogP contribution in [0.25, 0.3) is 0 Å². The summed E-state index contributed by atoms with van der Waals surface area (Å²) in [5.74, 6) is 0.0746. The molecular weight excluding hydrogens is 226 g/mol. The highest BCUT2D eigenvalue weighted by Crippen LogP contribution is 2.16. The third kappa shape index (κ3) is 2.89. The molecule has 2 rings (SSSR count). The fraction of sp³-hybridized carbons (Fsp3) is 0.500. The van der Waals surface area contributed by atoms with Crippen LogP contribution in [0.3, 0.4) is 0 Å². The first kappa shape index (κ1) is 13.1. The van der Waals surface area contributed by atoms with Crippen molar-refractivity contribution in [1.82, 2.24) is 10.2 Å². The number of carbonyl (C=O) groups is 1. The van der Waals surface area contributed by atoms with Gasteiger partial charge in [-0.25, -0.2) is 0 Å². The van der Waals surface area contributed by atoms with E-state index >= 15 is 0 Å². The van der Waals surface area contributed by atoms with Crippen LogP contribution < -0.4 is 10.6 Å². The fourth-order valence-corrected chi connectivity index (χ4v) is 2.27. The molecule has 0 radical (unpaired) electrons. The van der Waals surface area contributed by atoms with Crippen LogP contribution in [0.4, 0.5) is 5.69 Å². The normalized spacial score (nSPS) is 20.7. The van der Waals surface area contributed by atoms with Crippen LogP contribution >= 0.6 is 0 Å². The molecule has 1 heterocycles. The van der Waals surface area contributed by atoms with Gasteiger partial charge in [0, 0.05) is 25.3 Å². The molecule has 1 aliphatic heterocycles.